The summed E-state index contributed by atoms with van der Waals surface area (Å²) in [5.41, 5.74) is 5.71. The molecule has 2 unspecified atom stereocenters. The fraction of sp³-hybridized carbons (Fsp3) is 0.769. The third-order valence-corrected chi connectivity index (χ3v) is 4.25. The zero-order valence-electron chi connectivity index (χ0n) is 11.5. The van der Waals surface area contributed by atoms with E-state index in [0.29, 0.717) is 25.4 Å². The molecule has 1 heterocycles. The van der Waals surface area contributed by atoms with Crippen LogP contribution in [0.2, 0.25) is 0 Å². The van der Waals surface area contributed by atoms with Crippen LogP contribution in [0.3, 0.4) is 0 Å². The normalized spacial score (nSPS) is 27.2. The summed E-state index contributed by atoms with van der Waals surface area (Å²) < 4.78 is 1.67. The van der Waals surface area contributed by atoms with Gasteiger partial charge in [0.25, 0.3) is 0 Å². The Morgan fingerprint density at radius 2 is 2.42 bits per heavy atom. The highest BCUT2D eigenvalue weighted by molar-refractivity contribution is 5.76. The third-order valence-electron chi connectivity index (χ3n) is 4.25. The van der Waals surface area contributed by atoms with Crippen molar-refractivity contribution in [2.24, 2.45) is 11.7 Å². The van der Waals surface area contributed by atoms with Gasteiger partial charge in [-0.15, -0.1) is 5.10 Å². The van der Waals surface area contributed by atoms with Crippen LogP contribution in [0.25, 0.3) is 0 Å². The minimum atomic E-state index is -0.211. The van der Waals surface area contributed by atoms with Crippen LogP contribution in [0.5, 0.6) is 0 Å². The number of rotatable bonds is 5. The van der Waals surface area contributed by atoms with Gasteiger partial charge < -0.3 is 11.1 Å². The molecular formula is C13H23N5O. The summed E-state index contributed by atoms with van der Waals surface area (Å²) in [5.74, 6) is 0.497. The highest BCUT2D eigenvalue weighted by Crippen LogP contribution is 2.32. The van der Waals surface area contributed by atoms with Gasteiger partial charge in [-0.1, -0.05) is 25.0 Å². The second-order valence-electron chi connectivity index (χ2n) is 5.47. The lowest BCUT2D eigenvalue weighted by Crippen LogP contribution is -2.59. The van der Waals surface area contributed by atoms with E-state index in [2.05, 4.69) is 22.6 Å². The molecular weight excluding hydrogens is 242 g/mol. The number of aryl methyl sites for hydroxylation is 1. The Labute approximate surface area is 113 Å². The molecule has 1 amide bonds. The molecule has 1 aromatic rings. The fourth-order valence-electron chi connectivity index (χ4n) is 2.86. The van der Waals surface area contributed by atoms with E-state index in [1.54, 1.807) is 17.1 Å². The zero-order chi connectivity index (χ0) is 13.7. The van der Waals surface area contributed by atoms with Crippen LogP contribution in [-0.4, -0.2) is 33.0 Å². The standard InChI is InChI=1S/C13H23N5O/c1-11-4-2-3-6-13(11,10-14)16-12(19)5-8-18-9-7-15-17-18/h7,9,11H,2-6,8,10,14H2,1H3,(H,16,19). The van der Waals surface area contributed by atoms with Crippen LogP contribution in [0.15, 0.2) is 12.4 Å². The molecule has 0 bridgehead atoms. The first kappa shape index (κ1) is 14.0. The Hall–Kier alpha value is -1.43. The van der Waals surface area contributed by atoms with Crippen molar-refractivity contribution in [3.05, 3.63) is 12.4 Å². The summed E-state index contributed by atoms with van der Waals surface area (Å²) >= 11 is 0. The number of hydrogen-bond acceptors (Lipinski definition) is 4. The molecule has 19 heavy (non-hydrogen) atoms. The predicted octanol–water partition coefficient (Wildman–Crippen LogP) is 0.692. The largest absolute Gasteiger partial charge is 0.349 e. The molecule has 0 radical (unpaired) electrons. The molecule has 3 N–H and O–H groups in total. The van der Waals surface area contributed by atoms with Crippen LogP contribution in [0.4, 0.5) is 0 Å². The van der Waals surface area contributed by atoms with Crippen molar-refractivity contribution in [3.8, 4) is 0 Å². The molecule has 1 aliphatic carbocycles. The van der Waals surface area contributed by atoms with Gasteiger partial charge in [-0.05, 0) is 18.8 Å². The summed E-state index contributed by atoms with van der Waals surface area (Å²) in [5, 5.41) is 10.7. The van der Waals surface area contributed by atoms with Gasteiger partial charge in [-0.3, -0.25) is 9.48 Å². The summed E-state index contributed by atoms with van der Waals surface area (Å²) in [6.45, 7) is 3.26. The highest BCUT2D eigenvalue weighted by Gasteiger charge is 2.37. The Morgan fingerprint density at radius 3 is 3.05 bits per heavy atom. The van der Waals surface area contributed by atoms with E-state index in [1.165, 1.54) is 6.42 Å². The van der Waals surface area contributed by atoms with Crippen LogP contribution >= 0.6 is 0 Å². The van der Waals surface area contributed by atoms with E-state index in [9.17, 15) is 4.79 Å². The van der Waals surface area contributed by atoms with Crippen LogP contribution in [0, 0.1) is 5.92 Å². The number of aromatic nitrogens is 3. The maximum atomic E-state index is 12.1. The van der Waals surface area contributed by atoms with Gasteiger partial charge in [0, 0.05) is 19.2 Å². The minimum absolute atomic E-state index is 0.0506. The van der Waals surface area contributed by atoms with E-state index in [0.717, 1.165) is 19.3 Å². The second kappa shape index (κ2) is 6.14. The smallest absolute Gasteiger partial charge is 0.222 e. The number of carbonyl (C=O) groups excluding carboxylic acids is 1. The van der Waals surface area contributed by atoms with Gasteiger partial charge in [-0.25, -0.2) is 0 Å². The van der Waals surface area contributed by atoms with Crippen LogP contribution < -0.4 is 11.1 Å². The van der Waals surface area contributed by atoms with Crippen molar-refractivity contribution in [1.82, 2.24) is 20.3 Å². The Morgan fingerprint density at radius 1 is 1.58 bits per heavy atom. The number of nitrogens with one attached hydrogen (secondary N) is 1. The second-order valence-corrected chi connectivity index (χ2v) is 5.47. The monoisotopic (exact) mass is 265 g/mol. The Bertz CT molecular complexity index is 405. The predicted molar refractivity (Wildman–Crippen MR) is 72.2 cm³/mol. The van der Waals surface area contributed by atoms with Gasteiger partial charge in [0.1, 0.15) is 0 Å². The van der Waals surface area contributed by atoms with Crippen molar-refractivity contribution in [1.29, 1.82) is 0 Å². The van der Waals surface area contributed by atoms with Crippen molar-refractivity contribution in [2.75, 3.05) is 6.54 Å². The lowest BCUT2D eigenvalue weighted by Gasteiger charge is -2.42. The lowest BCUT2D eigenvalue weighted by molar-refractivity contribution is -0.124. The molecule has 1 saturated carbocycles. The molecule has 1 aromatic heterocycles. The summed E-state index contributed by atoms with van der Waals surface area (Å²) in [4.78, 5) is 12.1. The van der Waals surface area contributed by atoms with Gasteiger partial charge in [0.15, 0.2) is 0 Å². The Kier molecular flexibility index (Phi) is 4.52. The maximum Gasteiger partial charge on any atom is 0.222 e. The molecule has 0 spiro atoms. The molecule has 0 saturated heterocycles. The number of amides is 1. The van der Waals surface area contributed by atoms with E-state index < -0.39 is 0 Å². The number of hydrogen-bond donors (Lipinski definition) is 2. The van der Waals surface area contributed by atoms with E-state index >= 15 is 0 Å². The van der Waals surface area contributed by atoms with Gasteiger partial charge >= 0.3 is 0 Å². The van der Waals surface area contributed by atoms with Crippen LogP contribution in [-0.2, 0) is 11.3 Å². The van der Waals surface area contributed by atoms with Crippen molar-refractivity contribution in [3.63, 3.8) is 0 Å². The van der Waals surface area contributed by atoms with Gasteiger partial charge in [0.2, 0.25) is 5.91 Å². The highest BCUT2D eigenvalue weighted by atomic mass is 16.1. The van der Waals surface area contributed by atoms with Gasteiger partial charge in [0.05, 0.1) is 18.3 Å². The molecule has 1 aliphatic rings. The number of nitrogens with zero attached hydrogens (tertiary/aromatic N) is 3. The van der Waals surface area contributed by atoms with Crippen molar-refractivity contribution < 1.29 is 4.79 Å². The summed E-state index contributed by atoms with van der Waals surface area (Å²) in [7, 11) is 0. The molecule has 6 nitrogen and oxygen atoms in total. The fourth-order valence-corrected chi connectivity index (χ4v) is 2.86. The third kappa shape index (κ3) is 3.32. The SMILES string of the molecule is CC1CCCCC1(CN)NC(=O)CCn1ccnn1. The van der Waals surface area contributed by atoms with E-state index in [4.69, 9.17) is 5.73 Å². The summed E-state index contributed by atoms with van der Waals surface area (Å²) in [6, 6.07) is 0. The average molecular weight is 265 g/mol. The molecule has 6 heteroatoms. The van der Waals surface area contributed by atoms with Crippen LogP contribution in [0.1, 0.15) is 39.0 Å². The van der Waals surface area contributed by atoms with E-state index in [1.807, 2.05) is 0 Å². The molecule has 1 fully saturated rings. The topological polar surface area (TPSA) is 85.8 Å². The minimum Gasteiger partial charge on any atom is -0.349 e. The molecule has 106 valence electrons. The molecule has 2 rings (SSSR count). The maximum absolute atomic E-state index is 12.1. The van der Waals surface area contributed by atoms with Crippen molar-refractivity contribution >= 4 is 5.91 Å². The number of nitrogens with two attached hydrogens (primary N) is 1. The zero-order valence-corrected chi connectivity index (χ0v) is 11.5. The average Bonchev–Trinajstić information content (AvgIpc) is 2.92. The quantitative estimate of drug-likeness (QED) is 0.820. The van der Waals surface area contributed by atoms with Gasteiger partial charge in [-0.2, -0.15) is 0 Å². The molecule has 2 atom stereocenters. The first-order valence-electron chi connectivity index (χ1n) is 7.01. The first-order valence-corrected chi connectivity index (χ1v) is 7.01. The number of carbonyl (C=O) groups is 1. The van der Waals surface area contributed by atoms with E-state index in [-0.39, 0.29) is 11.4 Å². The molecule has 0 aliphatic heterocycles. The first-order chi connectivity index (χ1) is 9.16. The van der Waals surface area contributed by atoms with Crippen molar-refractivity contribution in [2.45, 2.75) is 51.1 Å². The molecule has 0 aromatic carbocycles. The summed E-state index contributed by atoms with van der Waals surface area (Å²) in [6.07, 6.45) is 8.29. The lowest BCUT2D eigenvalue weighted by atomic mass is 9.73. The Balaban J connectivity index is 1.88.